The van der Waals surface area contributed by atoms with Crippen molar-refractivity contribution in [3.63, 3.8) is 0 Å². The van der Waals surface area contributed by atoms with Gasteiger partial charge in [-0.2, -0.15) is 0 Å². The number of aryl methyl sites for hydroxylation is 1. The van der Waals surface area contributed by atoms with Crippen LogP contribution in [0.15, 0.2) is 33.3 Å². The third-order valence-electron chi connectivity index (χ3n) is 2.25. The number of hydrogen-bond acceptors (Lipinski definition) is 3. The molecule has 0 aliphatic carbocycles. The van der Waals surface area contributed by atoms with Crippen LogP contribution in [0.5, 0.6) is 0 Å². The van der Waals surface area contributed by atoms with Gasteiger partial charge in [-0.25, -0.2) is 9.97 Å². The van der Waals surface area contributed by atoms with Crippen LogP contribution in [0.1, 0.15) is 12.7 Å². The molecule has 2 rings (SSSR count). The van der Waals surface area contributed by atoms with Gasteiger partial charge < -0.3 is 5.32 Å². The van der Waals surface area contributed by atoms with Gasteiger partial charge in [0, 0.05) is 22.0 Å². The molecule has 0 saturated carbocycles. The van der Waals surface area contributed by atoms with E-state index in [1.165, 1.54) is 0 Å². The van der Waals surface area contributed by atoms with Crippen molar-refractivity contribution in [2.45, 2.75) is 13.3 Å². The molecule has 0 unspecified atom stereocenters. The normalized spacial score (nSPS) is 10.4. The SMILES string of the molecule is CCc1nc(Br)cc(Nc2cc(Cl)ccc2Br)n1. The number of hydrogen-bond donors (Lipinski definition) is 1. The van der Waals surface area contributed by atoms with Gasteiger partial charge >= 0.3 is 0 Å². The summed E-state index contributed by atoms with van der Waals surface area (Å²) in [6.07, 6.45) is 0.783. The third-order valence-corrected chi connectivity index (χ3v) is 3.58. The van der Waals surface area contributed by atoms with Crippen LogP contribution in [0.2, 0.25) is 5.02 Å². The van der Waals surface area contributed by atoms with E-state index in [-0.39, 0.29) is 0 Å². The maximum atomic E-state index is 5.97. The van der Waals surface area contributed by atoms with Crippen molar-refractivity contribution in [3.8, 4) is 0 Å². The molecule has 0 amide bonds. The molecule has 0 saturated heterocycles. The Morgan fingerprint density at radius 2 is 2.00 bits per heavy atom. The number of halogens is 3. The van der Waals surface area contributed by atoms with Gasteiger partial charge in [-0.15, -0.1) is 0 Å². The zero-order valence-corrected chi connectivity index (χ0v) is 13.5. The highest BCUT2D eigenvalue weighted by molar-refractivity contribution is 9.10. The van der Waals surface area contributed by atoms with Gasteiger partial charge in [0.25, 0.3) is 0 Å². The molecule has 2 aromatic rings. The van der Waals surface area contributed by atoms with Crippen molar-refractivity contribution in [1.29, 1.82) is 0 Å². The lowest BCUT2D eigenvalue weighted by Crippen LogP contribution is -2.00. The van der Waals surface area contributed by atoms with Gasteiger partial charge in [-0.3, -0.25) is 0 Å². The fourth-order valence-electron chi connectivity index (χ4n) is 1.42. The molecule has 0 aliphatic rings. The van der Waals surface area contributed by atoms with Crippen molar-refractivity contribution in [1.82, 2.24) is 9.97 Å². The topological polar surface area (TPSA) is 37.8 Å². The van der Waals surface area contributed by atoms with E-state index in [2.05, 4.69) is 47.1 Å². The lowest BCUT2D eigenvalue weighted by Gasteiger charge is -2.09. The third kappa shape index (κ3) is 3.43. The highest BCUT2D eigenvalue weighted by atomic mass is 79.9. The molecular weight excluding hydrogens is 381 g/mol. The van der Waals surface area contributed by atoms with Crippen LogP contribution in [0.4, 0.5) is 11.5 Å². The number of aromatic nitrogens is 2. The first-order chi connectivity index (χ1) is 8.58. The monoisotopic (exact) mass is 389 g/mol. The van der Waals surface area contributed by atoms with Crippen LogP contribution in [0.3, 0.4) is 0 Å². The lowest BCUT2D eigenvalue weighted by molar-refractivity contribution is 0.931. The Morgan fingerprint density at radius 1 is 1.22 bits per heavy atom. The molecule has 0 bridgehead atoms. The number of nitrogens with zero attached hydrogens (tertiary/aromatic N) is 2. The van der Waals surface area contributed by atoms with E-state index in [1.807, 2.05) is 31.2 Å². The van der Waals surface area contributed by atoms with Gasteiger partial charge in [0.15, 0.2) is 0 Å². The number of benzene rings is 1. The molecule has 94 valence electrons. The summed E-state index contributed by atoms with van der Waals surface area (Å²) >= 11 is 12.8. The second kappa shape index (κ2) is 5.99. The van der Waals surface area contributed by atoms with Crippen molar-refractivity contribution < 1.29 is 0 Å². The van der Waals surface area contributed by atoms with Gasteiger partial charge in [0.05, 0.1) is 5.69 Å². The van der Waals surface area contributed by atoms with E-state index in [9.17, 15) is 0 Å². The lowest BCUT2D eigenvalue weighted by atomic mass is 10.3. The largest absolute Gasteiger partial charge is 0.339 e. The predicted molar refractivity (Wildman–Crippen MR) is 81.5 cm³/mol. The highest BCUT2D eigenvalue weighted by Gasteiger charge is 2.05. The second-order valence-electron chi connectivity index (χ2n) is 3.59. The Balaban J connectivity index is 2.33. The molecule has 1 N–H and O–H groups in total. The average Bonchev–Trinajstić information content (AvgIpc) is 2.33. The van der Waals surface area contributed by atoms with E-state index < -0.39 is 0 Å². The Morgan fingerprint density at radius 3 is 2.72 bits per heavy atom. The molecule has 0 fully saturated rings. The molecule has 1 heterocycles. The van der Waals surface area contributed by atoms with Gasteiger partial charge in [-0.1, -0.05) is 18.5 Å². The average molecular weight is 391 g/mol. The molecule has 0 aliphatic heterocycles. The van der Waals surface area contributed by atoms with Crippen LogP contribution in [0.25, 0.3) is 0 Å². The summed E-state index contributed by atoms with van der Waals surface area (Å²) in [7, 11) is 0. The summed E-state index contributed by atoms with van der Waals surface area (Å²) in [5, 5.41) is 3.89. The zero-order valence-electron chi connectivity index (χ0n) is 9.54. The summed E-state index contributed by atoms with van der Waals surface area (Å²) in [6.45, 7) is 2.01. The zero-order chi connectivity index (χ0) is 13.1. The van der Waals surface area contributed by atoms with Crippen molar-refractivity contribution >= 4 is 55.0 Å². The molecule has 3 nitrogen and oxygen atoms in total. The van der Waals surface area contributed by atoms with Gasteiger partial charge in [0.1, 0.15) is 16.2 Å². The number of anilines is 2. The maximum Gasteiger partial charge on any atom is 0.135 e. The summed E-state index contributed by atoms with van der Waals surface area (Å²) < 4.78 is 1.69. The van der Waals surface area contributed by atoms with Crippen LogP contribution < -0.4 is 5.32 Å². The fraction of sp³-hybridized carbons (Fsp3) is 0.167. The predicted octanol–water partition coefficient (Wildman–Crippen LogP) is 4.96. The van der Waals surface area contributed by atoms with Crippen LogP contribution in [0, 0.1) is 0 Å². The standard InChI is InChI=1S/C12H10Br2ClN3/c1-2-11-17-10(14)6-12(18-11)16-9-5-7(15)3-4-8(9)13/h3-6H,2H2,1H3,(H,16,17,18). The summed E-state index contributed by atoms with van der Waals surface area (Å²) in [5.74, 6) is 1.52. The van der Waals surface area contributed by atoms with E-state index in [0.717, 1.165) is 32.8 Å². The minimum absolute atomic E-state index is 0.671. The van der Waals surface area contributed by atoms with E-state index in [1.54, 1.807) is 0 Å². The molecule has 6 heteroatoms. The van der Waals surface area contributed by atoms with Crippen LogP contribution in [-0.4, -0.2) is 9.97 Å². The molecule has 0 spiro atoms. The second-order valence-corrected chi connectivity index (χ2v) is 5.70. The van der Waals surface area contributed by atoms with Crippen molar-refractivity contribution in [3.05, 3.63) is 44.2 Å². The highest BCUT2D eigenvalue weighted by Crippen LogP contribution is 2.28. The van der Waals surface area contributed by atoms with Crippen molar-refractivity contribution in [2.24, 2.45) is 0 Å². The number of nitrogens with one attached hydrogen (secondary N) is 1. The molecular formula is C12H10Br2ClN3. The molecule has 18 heavy (non-hydrogen) atoms. The minimum Gasteiger partial charge on any atom is -0.339 e. The van der Waals surface area contributed by atoms with Crippen LogP contribution in [-0.2, 0) is 6.42 Å². The van der Waals surface area contributed by atoms with E-state index in [4.69, 9.17) is 11.6 Å². The Bertz CT molecular complexity index is 575. The van der Waals surface area contributed by atoms with Gasteiger partial charge in [0.2, 0.25) is 0 Å². The molecule has 1 aromatic heterocycles. The Hall–Kier alpha value is -0.650. The van der Waals surface area contributed by atoms with Crippen molar-refractivity contribution in [2.75, 3.05) is 5.32 Å². The molecule has 0 atom stereocenters. The minimum atomic E-state index is 0.671. The first kappa shape index (κ1) is 13.8. The quantitative estimate of drug-likeness (QED) is 0.752. The Kier molecular flexibility index (Phi) is 4.59. The van der Waals surface area contributed by atoms with E-state index >= 15 is 0 Å². The molecule has 0 radical (unpaired) electrons. The summed E-state index contributed by atoms with van der Waals surface area (Å²) in [4.78, 5) is 8.66. The summed E-state index contributed by atoms with van der Waals surface area (Å²) in [6, 6.07) is 7.38. The number of rotatable bonds is 3. The van der Waals surface area contributed by atoms with Gasteiger partial charge in [-0.05, 0) is 50.1 Å². The summed E-state index contributed by atoms with van der Waals surface area (Å²) in [5.41, 5.74) is 0.871. The fourth-order valence-corrected chi connectivity index (χ4v) is 2.36. The first-order valence-electron chi connectivity index (χ1n) is 5.34. The smallest absolute Gasteiger partial charge is 0.135 e. The van der Waals surface area contributed by atoms with E-state index in [0.29, 0.717) is 5.02 Å². The first-order valence-corrected chi connectivity index (χ1v) is 7.30. The van der Waals surface area contributed by atoms with Crippen LogP contribution >= 0.6 is 43.5 Å². The molecule has 1 aromatic carbocycles. The maximum absolute atomic E-state index is 5.97. The Labute approximate surface area is 127 Å².